The summed E-state index contributed by atoms with van der Waals surface area (Å²) in [5.41, 5.74) is 3.46. The zero-order chi connectivity index (χ0) is 22.2. The van der Waals surface area contributed by atoms with Crippen LogP contribution in [0.1, 0.15) is 11.5 Å². The number of fused-ring (bicyclic) bond motifs is 1. The Morgan fingerprint density at radius 1 is 1.03 bits per heavy atom. The molecule has 160 valence electrons. The summed E-state index contributed by atoms with van der Waals surface area (Å²) < 4.78 is 14.2. The minimum atomic E-state index is -0.157. The molecule has 2 aromatic carbocycles. The first-order valence-corrected chi connectivity index (χ1v) is 10.3. The molecule has 0 atom stereocenters. The van der Waals surface area contributed by atoms with E-state index < -0.39 is 0 Å². The highest BCUT2D eigenvalue weighted by Gasteiger charge is 2.15. The van der Waals surface area contributed by atoms with E-state index in [0.717, 1.165) is 16.9 Å². The predicted octanol–water partition coefficient (Wildman–Crippen LogP) is 4.84. The lowest BCUT2D eigenvalue weighted by molar-refractivity contribution is 0.415. The number of rotatable bonds is 5. The molecule has 0 saturated heterocycles. The number of nitrogens with zero attached hydrogens (tertiary/aromatic N) is 4. The van der Waals surface area contributed by atoms with Gasteiger partial charge in [-0.05, 0) is 61.5 Å². The number of benzene rings is 2. The summed E-state index contributed by atoms with van der Waals surface area (Å²) in [4.78, 5) is 17.7. The fourth-order valence-electron chi connectivity index (χ4n) is 3.51. The Labute approximate surface area is 188 Å². The van der Waals surface area contributed by atoms with Crippen LogP contribution in [0.3, 0.4) is 0 Å². The van der Waals surface area contributed by atoms with E-state index in [0.29, 0.717) is 40.1 Å². The van der Waals surface area contributed by atoms with E-state index in [9.17, 15) is 4.79 Å². The number of aromatic nitrogens is 4. The highest BCUT2D eigenvalue weighted by atomic mass is 35.5. The van der Waals surface area contributed by atoms with Crippen LogP contribution < -0.4 is 10.3 Å². The van der Waals surface area contributed by atoms with Gasteiger partial charge in [-0.2, -0.15) is 5.10 Å². The molecule has 5 rings (SSSR count). The monoisotopic (exact) mass is 446 g/mol. The molecule has 5 aromatic rings. The van der Waals surface area contributed by atoms with Crippen LogP contribution in [0.4, 0.5) is 0 Å². The zero-order valence-electron chi connectivity index (χ0n) is 17.4. The first-order valence-electron chi connectivity index (χ1n) is 9.97. The number of ether oxygens (including phenoxy) is 1. The first kappa shape index (κ1) is 20.1. The largest absolute Gasteiger partial charge is 0.497 e. The van der Waals surface area contributed by atoms with Crippen LogP contribution in [-0.2, 0) is 6.54 Å². The van der Waals surface area contributed by atoms with Gasteiger partial charge in [0, 0.05) is 28.5 Å². The van der Waals surface area contributed by atoms with Crippen molar-refractivity contribution in [3.63, 3.8) is 0 Å². The van der Waals surface area contributed by atoms with E-state index in [1.807, 2.05) is 43.3 Å². The van der Waals surface area contributed by atoms with Gasteiger partial charge in [-0.15, -0.1) is 0 Å². The topological polar surface area (TPSA) is 74.6 Å². The molecule has 3 heterocycles. The van der Waals surface area contributed by atoms with E-state index >= 15 is 0 Å². The lowest BCUT2D eigenvalue weighted by Gasteiger charge is -2.04. The quantitative estimate of drug-likeness (QED) is 0.386. The Hall–Kier alpha value is -3.84. The van der Waals surface area contributed by atoms with Crippen molar-refractivity contribution in [3.05, 3.63) is 93.8 Å². The minimum Gasteiger partial charge on any atom is -0.497 e. The molecule has 0 aliphatic rings. The van der Waals surface area contributed by atoms with Crippen LogP contribution in [0.15, 0.2) is 76.2 Å². The van der Waals surface area contributed by atoms with Crippen molar-refractivity contribution in [2.75, 3.05) is 7.11 Å². The Morgan fingerprint density at radius 2 is 1.75 bits per heavy atom. The maximum atomic E-state index is 13.1. The standard InChI is InChI=1S/C24H19ClN4O3/c1-15-21(26-23(32-15)17-3-7-18(25)8-4-17)14-28-11-12-29-22(24(28)30)13-20(27-29)16-5-9-19(31-2)10-6-16/h3-13H,14H2,1-2H3. The molecule has 0 spiro atoms. The average Bonchev–Trinajstić information content (AvgIpc) is 3.40. The van der Waals surface area contributed by atoms with E-state index in [2.05, 4.69) is 10.1 Å². The minimum absolute atomic E-state index is 0.157. The van der Waals surface area contributed by atoms with Gasteiger partial charge >= 0.3 is 0 Å². The molecular formula is C24H19ClN4O3. The number of oxazole rings is 1. The third-order valence-electron chi connectivity index (χ3n) is 5.29. The van der Waals surface area contributed by atoms with E-state index in [1.165, 1.54) is 0 Å². The number of hydrogen-bond acceptors (Lipinski definition) is 5. The maximum absolute atomic E-state index is 13.1. The fraction of sp³-hybridized carbons (Fsp3) is 0.125. The summed E-state index contributed by atoms with van der Waals surface area (Å²) in [6, 6.07) is 16.6. The smallest absolute Gasteiger partial charge is 0.276 e. The van der Waals surface area contributed by atoms with Crippen LogP contribution in [0.2, 0.25) is 5.02 Å². The molecule has 0 aliphatic carbocycles. The molecule has 0 radical (unpaired) electrons. The first-order chi connectivity index (χ1) is 15.5. The Balaban J connectivity index is 1.47. The van der Waals surface area contributed by atoms with Gasteiger partial charge in [0.1, 0.15) is 22.7 Å². The molecule has 0 N–H and O–H groups in total. The third-order valence-corrected chi connectivity index (χ3v) is 5.55. The summed E-state index contributed by atoms with van der Waals surface area (Å²) in [6.45, 7) is 2.13. The summed E-state index contributed by atoms with van der Waals surface area (Å²) in [6.07, 6.45) is 3.47. The number of methoxy groups -OCH3 is 1. The van der Waals surface area contributed by atoms with Crippen molar-refractivity contribution >= 4 is 17.1 Å². The SMILES string of the molecule is COc1ccc(-c2cc3c(=O)n(Cc4nc(-c5ccc(Cl)cc5)oc4C)ccn3n2)cc1. The lowest BCUT2D eigenvalue weighted by atomic mass is 10.1. The number of hydrogen-bond donors (Lipinski definition) is 0. The van der Waals surface area contributed by atoms with E-state index in [4.69, 9.17) is 20.8 Å². The summed E-state index contributed by atoms with van der Waals surface area (Å²) in [5, 5.41) is 5.18. The molecule has 3 aromatic heterocycles. The van der Waals surface area contributed by atoms with Crippen molar-refractivity contribution in [1.82, 2.24) is 19.2 Å². The second-order valence-corrected chi connectivity index (χ2v) is 7.78. The highest BCUT2D eigenvalue weighted by molar-refractivity contribution is 6.30. The molecule has 0 saturated carbocycles. The lowest BCUT2D eigenvalue weighted by Crippen LogP contribution is -2.22. The van der Waals surface area contributed by atoms with E-state index in [-0.39, 0.29) is 5.56 Å². The van der Waals surface area contributed by atoms with Gasteiger partial charge in [-0.3, -0.25) is 4.79 Å². The zero-order valence-corrected chi connectivity index (χ0v) is 18.2. The summed E-state index contributed by atoms with van der Waals surface area (Å²) >= 11 is 5.96. The molecule has 0 aliphatic heterocycles. The van der Waals surface area contributed by atoms with Gasteiger partial charge in [-0.25, -0.2) is 9.50 Å². The van der Waals surface area contributed by atoms with Crippen LogP contribution in [0.25, 0.3) is 28.2 Å². The Bertz CT molecular complexity index is 1460. The number of aryl methyl sites for hydroxylation is 1. The molecule has 0 amide bonds. The molecule has 0 bridgehead atoms. The second kappa shape index (κ2) is 8.01. The molecular weight excluding hydrogens is 428 g/mol. The van der Waals surface area contributed by atoms with Crippen LogP contribution in [0.5, 0.6) is 5.75 Å². The Morgan fingerprint density at radius 3 is 2.47 bits per heavy atom. The molecule has 0 fully saturated rings. The van der Waals surface area contributed by atoms with Crippen molar-refractivity contribution in [3.8, 4) is 28.5 Å². The van der Waals surface area contributed by atoms with Gasteiger partial charge in [0.05, 0.1) is 19.3 Å². The summed E-state index contributed by atoms with van der Waals surface area (Å²) in [5.74, 6) is 1.92. The second-order valence-electron chi connectivity index (χ2n) is 7.35. The van der Waals surface area contributed by atoms with Gasteiger partial charge < -0.3 is 13.7 Å². The van der Waals surface area contributed by atoms with Crippen molar-refractivity contribution < 1.29 is 9.15 Å². The normalized spacial score (nSPS) is 11.2. The van der Waals surface area contributed by atoms with Crippen LogP contribution in [-0.4, -0.2) is 26.3 Å². The van der Waals surface area contributed by atoms with Crippen molar-refractivity contribution in [2.45, 2.75) is 13.5 Å². The Kier molecular flexibility index (Phi) is 5.03. The molecule has 32 heavy (non-hydrogen) atoms. The van der Waals surface area contributed by atoms with Gasteiger partial charge in [0.2, 0.25) is 5.89 Å². The van der Waals surface area contributed by atoms with Crippen LogP contribution >= 0.6 is 11.6 Å². The summed E-state index contributed by atoms with van der Waals surface area (Å²) in [7, 11) is 1.62. The van der Waals surface area contributed by atoms with Crippen molar-refractivity contribution in [1.29, 1.82) is 0 Å². The fourth-order valence-corrected chi connectivity index (χ4v) is 3.63. The maximum Gasteiger partial charge on any atom is 0.276 e. The average molecular weight is 447 g/mol. The number of halogens is 1. The predicted molar refractivity (Wildman–Crippen MR) is 122 cm³/mol. The highest BCUT2D eigenvalue weighted by Crippen LogP contribution is 2.24. The van der Waals surface area contributed by atoms with E-state index in [1.54, 1.807) is 46.8 Å². The van der Waals surface area contributed by atoms with Crippen molar-refractivity contribution in [2.24, 2.45) is 0 Å². The van der Waals surface area contributed by atoms with Gasteiger partial charge in [0.25, 0.3) is 5.56 Å². The third kappa shape index (κ3) is 3.67. The molecule has 8 heteroatoms. The molecule has 0 unspecified atom stereocenters. The molecule has 7 nitrogen and oxygen atoms in total. The van der Waals surface area contributed by atoms with Crippen LogP contribution in [0, 0.1) is 6.92 Å². The van der Waals surface area contributed by atoms with Gasteiger partial charge in [0.15, 0.2) is 0 Å². The van der Waals surface area contributed by atoms with Gasteiger partial charge in [-0.1, -0.05) is 11.6 Å².